The molecular formula is C36H45ClN4O2. The van der Waals surface area contributed by atoms with Gasteiger partial charge in [0, 0.05) is 34.9 Å². The Morgan fingerprint density at radius 3 is 2.14 bits per heavy atom. The van der Waals surface area contributed by atoms with Crippen LogP contribution in [-0.4, -0.2) is 53.8 Å². The number of aromatic nitrogens is 2. The summed E-state index contributed by atoms with van der Waals surface area (Å²) in [7, 11) is 0. The molecule has 0 saturated carbocycles. The molecule has 0 spiro atoms. The van der Waals surface area contributed by atoms with E-state index in [1.165, 1.54) is 12.8 Å². The first-order chi connectivity index (χ1) is 21.1. The summed E-state index contributed by atoms with van der Waals surface area (Å²) in [5.41, 5.74) is 3.15. The number of rotatable bonds is 14. The van der Waals surface area contributed by atoms with Crippen molar-refractivity contribution in [2.75, 3.05) is 39.3 Å². The second-order valence-electron chi connectivity index (χ2n) is 11.3. The van der Waals surface area contributed by atoms with Gasteiger partial charge in [0.2, 0.25) is 0 Å². The molecule has 6 nitrogen and oxygen atoms in total. The maximum atomic E-state index is 6.09. The van der Waals surface area contributed by atoms with Gasteiger partial charge in [0.25, 0.3) is 0 Å². The molecule has 1 aromatic heterocycles. The average molecular weight is 601 g/mol. The maximum absolute atomic E-state index is 6.09. The SMILES string of the molecule is CCC(c1nc(-c2ccc(Oc3ccc(Cl)cc3)cc2)cn1-c1ccc(OCCCN(CC)CC)cc1)C1CCNCC1. The molecule has 1 N–H and O–H groups in total. The van der Waals surface area contributed by atoms with E-state index in [9.17, 15) is 0 Å². The molecule has 5 rings (SSSR count). The Kier molecular flexibility index (Phi) is 11.2. The Morgan fingerprint density at radius 2 is 1.51 bits per heavy atom. The second-order valence-corrected chi connectivity index (χ2v) is 11.7. The van der Waals surface area contributed by atoms with Crippen molar-refractivity contribution in [3.63, 3.8) is 0 Å². The lowest BCUT2D eigenvalue weighted by atomic mass is 9.82. The van der Waals surface area contributed by atoms with E-state index in [1.807, 2.05) is 36.4 Å². The highest BCUT2D eigenvalue weighted by Gasteiger charge is 2.28. The number of piperidine rings is 1. The molecule has 0 aliphatic carbocycles. The molecule has 0 amide bonds. The highest BCUT2D eigenvalue weighted by molar-refractivity contribution is 6.30. The Bertz CT molecular complexity index is 1390. The van der Waals surface area contributed by atoms with E-state index in [2.05, 4.69) is 78.2 Å². The lowest BCUT2D eigenvalue weighted by Crippen LogP contribution is -2.31. The van der Waals surface area contributed by atoms with Crippen LogP contribution in [0.1, 0.15) is 58.2 Å². The molecule has 1 atom stereocenters. The summed E-state index contributed by atoms with van der Waals surface area (Å²) < 4.78 is 14.4. The maximum Gasteiger partial charge on any atom is 0.127 e. The minimum Gasteiger partial charge on any atom is -0.494 e. The number of nitrogens with one attached hydrogen (secondary N) is 1. The normalized spacial score (nSPS) is 14.6. The van der Waals surface area contributed by atoms with E-state index in [-0.39, 0.29) is 0 Å². The van der Waals surface area contributed by atoms with E-state index in [0.29, 0.717) is 16.9 Å². The topological polar surface area (TPSA) is 51.6 Å². The van der Waals surface area contributed by atoms with Crippen LogP contribution in [0.15, 0.2) is 79.0 Å². The van der Waals surface area contributed by atoms with Crippen LogP contribution in [0, 0.1) is 5.92 Å². The lowest BCUT2D eigenvalue weighted by Gasteiger charge is -2.30. The monoisotopic (exact) mass is 600 g/mol. The summed E-state index contributed by atoms with van der Waals surface area (Å²) in [6, 6.07) is 24.1. The predicted octanol–water partition coefficient (Wildman–Crippen LogP) is 8.59. The van der Waals surface area contributed by atoms with E-state index >= 15 is 0 Å². The van der Waals surface area contributed by atoms with Crippen LogP contribution in [0.4, 0.5) is 0 Å². The first-order valence-corrected chi connectivity index (χ1v) is 16.2. The minimum atomic E-state index is 0.388. The van der Waals surface area contributed by atoms with Gasteiger partial charge in [-0.05, 0) is 131 Å². The number of nitrogens with zero attached hydrogens (tertiary/aromatic N) is 3. The zero-order valence-corrected chi connectivity index (χ0v) is 26.5. The summed E-state index contributed by atoms with van der Waals surface area (Å²) in [4.78, 5) is 7.72. The van der Waals surface area contributed by atoms with Gasteiger partial charge in [0.1, 0.15) is 23.1 Å². The van der Waals surface area contributed by atoms with Crippen LogP contribution in [0.25, 0.3) is 16.9 Å². The summed E-state index contributed by atoms with van der Waals surface area (Å²) in [6.07, 6.45) is 6.63. The average Bonchev–Trinajstić information content (AvgIpc) is 3.49. The van der Waals surface area contributed by atoms with Crippen molar-refractivity contribution >= 4 is 11.6 Å². The molecule has 2 heterocycles. The van der Waals surface area contributed by atoms with E-state index in [4.69, 9.17) is 26.1 Å². The van der Waals surface area contributed by atoms with Gasteiger partial charge in [-0.15, -0.1) is 0 Å². The van der Waals surface area contributed by atoms with Gasteiger partial charge in [-0.3, -0.25) is 0 Å². The number of imidazole rings is 1. The van der Waals surface area contributed by atoms with Crippen molar-refractivity contribution < 1.29 is 9.47 Å². The molecule has 1 aliphatic rings. The standard InChI is InChI=1S/C36H45ClN4O2/c1-4-34(27-20-22-38-23-21-27)36-39-35(28-8-14-32(15-9-28)43-33-16-10-29(37)11-17-33)26-41(36)30-12-18-31(19-13-30)42-25-7-24-40(5-2)6-3/h8-19,26-27,34,38H,4-7,20-25H2,1-3H3. The van der Waals surface area contributed by atoms with Crippen LogP contribution >= 0.6 is 11.6 Å². The molecule has 3 aromatic carbocycles. The Balaban J connectivity index is 1.36. The molecule has 4 aromatic rings. The fraction of sp³-hybridized carbons (Fsp3) is 0.417. The van der Waals surface area contributed by atoms with Crippen LogP contribution in [0.5, 0.6) is 17.2 Å². The fourth-order valence-corrected chi connectivity index (χ4v) is 6.15. The third kappa shape index (κ3) is 8.20. The molecule has 1 unspecified atom stereocenters. The van der Waals surface area contributed by atoms with Gasteiger partial charge >= 0.3 is 0 Å². The zero-order chi connectivity index (χ0) is 30.0. The molecular weight excluding hydrogens is 556 g/mol. The van der Waals surface area contributed by atoms with Crippen LogP contribution in [-0.2, 0) is 0 Å². The molecule has 7 heteroatoms. The number of ether oxygens (including phenoxy) is 2. The van der Waals surface area contributed by atoms with Crippen LogP contribution in [0.3, 0.4) is 0 Å². The third-order valence-corrected chi connectivity index (χ3v) is 8.81. The Labute approximate surface area is 262 Å². The van der Waals surface area contributed by atoms with Crippen LogP contribution < -0.4 is 14.8 Å². The number of hydrogen-bond donors (Lipinski definition) is 1. The van der Waals surface area contributed by atoms with Gasteiger partial charge < -0.3 is 24.3 Å². The van der Waals surface area contributed by atoms with Crippen molar-refractivity contribution in [1.29, 1.82) is 0 Å². The summed E-state index contributed by atoms with van der Waals surface area (Å²) in [5.74, 6) is 4.58. The van der Waals surface area contributed by atoms with Crippen molar-refractivity contribution in [2.24, 2.45) is 5.92 Å². The largest absolute Gasteiger partial charge is 0.494 e. The molecule has 0 bridgehead atoms. The van der Waals surface area contributed by atoms with Crippen molar-refractivity contribution in [2.45, 2.75) is 52.4 Å². The summed E-state index contributed by atoms with van der Waals surface area (Å²) >= 11 is 6.02. The van der Waals surface area contributed by atoms with E-state index < -0.39 is 0 Å². The third-order valence-electron chi connectivity index (χ3n) is 8.55. The molecule has 1 aliphatic heterocycles. The van der Waals surface area contributed by atoms with Crippen LogP contribution in [0.2, 0.25) is 5.02 Å². The molecule has 228 valence electrons. The lowest BCUT2D eigenvalue weighted by molar-refractivity contribution is 0.249. The zero-order valence-electron chi connectivity index (χ0n) is 25.8. The van der Waals surface area contributed by atoms with Gasteiger partial charge in [-0.25, -0.2) is 4.98 Å². The molecule has 1 fully saturated rings. The quantitative estimate of drug-likeness (QED) is 0.147. The highest BCUT2D eigenvalue weighted by Crippen LogP contribution is 2.36. The minimum absolute atomic E-state index is 0.388. The first-order valence-electron chi connectivity index (χ1n) is 15.9. The van der Waals surface area contributed by atoms with E-state index in [0.717, 1.165) is 92.2 Å². The molecule has 43 heavy (non-hydrogen) atoms. The van der Waals surface area contributed by atoms with Gasteiger partial charge in [0.05, 0.1) is 12.3 Å². The van der Waals surface area contributed by atoms with Gasteiger partial charge in [0.15, 0.2) is 0 Å². The van der Waals surface area contributed by atoms with Crippen molar-refractivity contribution in [3.05, 3.63) is 89.8 Å². The smallest absolute Gasteiger partial charge is 0.127 e. The van der Waals surface area contributed by atoms with E-state index in [1.54, 1.807) is 0 Å². The van der Waals surface area contributed by atoms with Crippen molar-refractivity contribution in [1.82, 2.24) is 19.8 Å². The highest BCUT2D eigenvalue weighted by atomic mass is 35.5. The Morgan fingerprint density at radius 1 is 0.884 bits per heavy atom. The molecule has 0 radical (unpaired) electrons. The number of hydrogen-bond acceptors (Lipinski definition) is 5. The number of benzene rings is 3. The fourth-order valence-electron chi connectivity index (χ4n) is 6.03. The summed E-state index contributed by atoms with van der Waals surface area (Å²) in [6.45, 7) is 12.8. The predicted molar refractivity (Wildman–Crippen MR) is 177 cm³/mol. The summed E-state index contributed by atoms with van der Waals surface area (Å²) in [5, 5.41) is 4.22. The first kappa shape index (κ1) is 31.1. The number of halogens is 1. The molecule has 1 saturated heterocycles. The van der Waals surface area contributed by atoms with Gasteiger partial charge in [-0.1, -0.05) is 32.4 Å². The second kappa shape index (κ2) is 15.4. The van der Waals surface area contributed by atoms with Crippen molar-refractivity contribution in [3.8, 4) is 34.2 Å². The van der Waals surface area contributed by atoms with Gasteiger partial charge in [-0.2, -0.15) is 0 Å². The Hall–Kier alpha value is -3.32.